The molecule has 6 heteroatoms. The van der Waals surface area contributed by atoms with Gasteiger partial charge in [-0.15, -0.1) is 0 Å². The molecule has 2 rings (SSSR count). The summed E-state index contributed by atoms with van der Waals surface area (Å²) in [7, 11) is 1.65. The fraction of sp³-hybridized carbons (Fsp3) is 0.500. The van der Waals surface area contributed by atoms with Crippen LogP contribution in [-0.2, 0) is 20.9 Å². The Bertz CT molecular complexity index is 480. The van der Waals surface area contributed by atoms with Crippen LogP contribution in [0, 0.1) is 0 Å². The number of hydrogen-bond donors (Lipinski definition) is 2. The molecule has 0 saturated carbocycles. The van der Waals surface area contributed by atoms with Crippen LogP contribution in [0.5, 0.6) is 0 Å². The lowest BCUT2D eigenvalue weighted by Crippen LogP contribution is -2.24. The number of carboxylic acid groups (broad SMARTS) is 1. The van der Waals surface area contributed by atoms with Crippen molar-refractivity contribution in [3.8, 4) is 0 Å². The fourth-order valence-corrected chi connectivity index (χ4v) is 2.76. The zero-order valence-corrected chi connectivity index (χ0v) is 12.9. The summed E-state index contributed by atoms with van der Waals surface area (Å²) in [5, 5.41) is 12.2. The number of anilines is 1. The number of hydrogen-bond acceptors (Lipinski definition) is 4. The molecular weight excluding hydrogens is 326 g/mol. The number of ether oxygens (including phenoxy) is 2. The fourth-order valence-electron chi connectivity index (χ4n) is 2.28. The number of methoxy groups -OCH3 is 1. The van der Waals surface area contributed by atoms with E-state index < -0.39 is 12.1 Å². The predicted octanol–water partition coefficient (Wildman–Crippen LogP) is 2.64. The quantitative estimate of drug-likeness (QED) is 0.830. The maximum atomic E-state index is 10.8. The van der Waals surface area contributed by atoms with E-state index in [1.54, 1.807) is 7.11 Å². The van der Waals surface area contributed by atoms with Crippen molar-refractivity contribution in [2.24, 2.45) is 0 Å². The van der Waals surface area contributed by atoms with Gasteiger partial charge in [0.1, 0.15) is 0 Å². The molecule has 1 heterocycles. The van der Waals surface area contributed by atoms with Gasteiger partial charge in [-0.1, -0.05) is 22.0 Å². The van der Waals surface area contributed by atoms with Crippen molar-refractivity contribution in [3.05, 3.63) is 28.2 Å². The van der Waals surface area contributed by atoms with Crippen molar-refractivity contribution in [2.75, 3.05) is 19.0 Å². The van der Waals surface area contributed by atoms with Crippen LogP contribution in [0.1, 0.15) is 18.4 Å². The normalized spacial score (nSPS) is 21.9. The smallest absolute Gasteiger partial charge is 0.332 e. The second-order valence-electron chi connectivity index (χ2n) is 4.74. The van der Waals surface area contributed by atoms with E-state index in [9.17, 15) is 4.79 Å². The molecule has 0 spiro atoms. The molecule has 2 unspecified atom stereocenters. The molecule has 0 aliphatic carbocycles. The molecule has 20 heavy (non-hydrogen) atoms. The third-order valence-electron chi connectivity index (χ3n) is 3.31. The minimum atomic E-state index is -0.880. The summed E-state index contributed by atoms with van der Waals surface area (Å²) in [5.41, 5.74) is 2.02. The van der Waals surface area contributed by atoms with E-state index in [0.717, 1.165) is 22.1 Å². The minimum absolute atomic E-state index is 0.0644. The second kappa shape index (κ2) is 7.06. The Kier molecular flexibility index (Phi) is 5.39. The molecule has 2 N–H and O–H groups in total. The van der Waals surface area contributed by atoms with Crippen LogP contribution in [0.3, 0.4) is 0 Å². The van der Waals surface area contributed by atoms with Crippen LogP contribution in [0.4, 0.5) is 5.69 Å². The van der Waals surface area contributed by atoms with Gasteiger partial charge in [0.25, 0.3) is 0 Å². The van der Waals surface area contributed by atoms with Gasteiger partial charge in [0, 0.05) is 29.4 Å². The van der Waals surface area contributed by atoms with Gasteiger partial charge in [-0.05, 0) is 25.0 Å². The van der Waals surface area contributed by atoms with E-state index in [-0.39, 0.29) is 6.10 Å². The molecule has 0 radical (unpaired) electrons. The molecule has 1 aliphatic rings. The molecule has 1 aromatic carbocycles. The summed E-state index contributed by atoms with van der Waals surface area (Å²) < 4.78 is 11.6. The topological polar surface area (TPSA) is 67.8 Å². The first-order valence-corrected chi connectivity index (χ1v) is 7.29. The SMILES string of the molecule is COCc1c(Br)cccc1NCC1CCC(C(=O)O)O1. The predicted molar refractivity (Wildman–Crippen MR) is 78.9 cm³/mol. The molecule has 1 saturated heterocycles. The Balaban J connectivity index is 1.94. The summed E-state index contributed by atoms with van der Waals surface area (Å²) in [6.07, 6.45) is 0.607. The molecule has 0 bridgehead atoms. The van der Waals surface area contributed by atoms with Gasteiger partial charge in [0.15, 0.2) is 6.10 Å². The maximum absolute atomic E-state index is 10.8. The third-order valence-corrected chi connectivity index (χ3v) is 4.05. The summed E-state index contributed by atoms with van der Waals surface area (Å²) in [6, 6.07) is 5.88. The average molecular weight is 344 g/mol. The van der Waals surface area contributed by atoms with Crippen molar-refractivity contribution in [2.45, 2.75) is 31.7 Å². The molecule has 1 fully saturated rings. The van der Waals surface area contributed by atoms with E-state index in [4.69, 9.17) is 14.6 Å². The highest BCUT2D eigenvalue weighted by Crippen LogP contribution is 2.26. The highest BCUT2D eigenvalue weighted by Gasteiger charge is 2.30. The molecule has 5 nitrogen and oxygen atoms in total. The maximum Gasteiger partial charge on any atom is 0.332 e. The van der Waals surface area contributed by atoms with E-state index in [2.05, 4.69) is 21.2 Å². The molecular formula is C14H18BrNO4. The molecule has 2 atom stereocenters. The number of carboxylic acids is 1. The van der Waals surface area contributed by atoms with Gasteiger partial charge in [0.2, 0.25) is 0 Å². The van der Waals surface area contributed by atoms with E-state index in [1.807, 2.05) is 18.2 Å². The van der Waals surface area contributed by atoms with Gasteiger partial charge < -0.3 is 19.9 Å². The first kappa shape index (κ1) is 15.3. The zero-order chi connectivity index (χ0) is 14.5. The van der Waals surface area contributed by atoms with Crippen LogP contribution in [0.15, 0.2) is 22.7 Å². The average Bonchev–Trinajstić information content (AvgIpc) is 2.89. The van der Waals surface area contributed by atoms with Crippen molar-refractivity contribution >= 4 is 27.6 Å². The van der Waals surface area contributed by atoms with Crippen LogP contribution in [0.2, 0.25) is 0 Å². The van der Waals surface area contributed by atoms with Gasteiger partial charge in [-0.25, -0.2) is 4.79 Å². The molecule has 110 valence electrons. The number of halogens is 1. The van der Waals surface area contributed by atoms with Crippen molar-refractivity contribution in [3.63, 3.8) is 0 Å². The van der Waals surface area contributed by atoms with Crippen LogP contribution < -0.4 is 5.32 Å². The standard InChI is InChI=1S/C14H18BrNO4/c1-19-8-10-11(15)3-2-4-12(10)16-7-9-5-6-13(20-9)14(17)18/h2-4,9,13,16H,5-8H2,1H3,(H,17,18). The Morgan fingerprint density at radius 1 is 1.55 bits per heavy atom. The van der Waals surface area contributed by atoms with Crippen molar-refractivity contribution in [1.29, 1.82) is 0 Å². The lowest BCUT2D eigenvalue weighted by Gasteiger charge is -2.16. The molecule has 1 aliphatic heterocycles. The Hall–Kier alpha value is -1.11. The van der Waals surface area contributed by atoms with E-state index in [0.29, 0.717) is 19.6 Å². The Morgan fingerprint density at radius 2 is 2.35 bits per heavy atom. The van der Waals surface area contributed by atoms with Crippen LogP contribution in [0.25, 0.3) is 0 Å². The van der Waals surface area contributed by atoms with Gasteiger partial charge >= 0.3 is 5.97 Å². The lowest BCUT2D eigenvalue weighted by molar-refractivity contribution is -0.149. The Labute approximate surface area is 126 Å². The van der Waals surface area contributed by atoms with E-state index in [1.165, 1.54) is 0 Å². The highest BCUT2D eigenvalue weighted by molar-refractivity contribution is 9.10. The summed E-state index contributed by atoms with van der Waals surface area (Å²) in [4.78, 5) is 10.8. The van der Waals surface area contributed by atoms with Gasteiger partial charge in [-0.2, -0.15) is 0 Å². The van der Waals surface area contributed by atoms with Crippen LogP contribution in [-0.4, -0.2) is 36.9 Å². The number of rotatable bonds is 6. The monoisotopic (exact) mass is 343 g/mol. The van der Waals surface area contributed by atoms with E-state index >= 15 is 0 Å². The minimum Gasteiger partial charge on any atom is -0.479 e. The van der Waals surface area contributed by atoms with Gasteiger partial charge in [-0.3, -0.25) is 0 Å². The lowest BCUT2D eigenvalue weighted by atomic mass is 10.1. The number of nitrogens with one attached hydrogen (secondary N) is 1. The largest absolute Gasteiger partial charge is 0.479 e. The summed E-state index contributed by atoms with van der Waals surface area (Å²) >= 11 is 3.50. The molecule has 1 aromatic rings. The molecule has 0 amide bonds. The van der Waals surface area contributed by atoms with Crippen LogP contribution >= 0.6 is 15.9 Å². The van der Waals surface area contributed by atoms with Gasteiger partial charge in [0.05, 0.1) is 12.7 Å². The number of benzene rings is 1. The number of aliphatic carboxylic acids is 1. The first-order valence-electron chi connectivity index (χ1n) is 6.50. The number of carbonyl (C=O) groups is 1. The van der Waals surface area contributed by atoms with Crippen molar-refractivity contribution in [1.82, 2.24) is 0 Å². The Morgan fingerprint density at radius 3 is 3.00 bits per heavy atom. The zero-order valence-electron chi connectivity index (χ0n) is 11.3. The highest BCUT2D eigenvalue weighted by atomic mass is 79.9. The summed E-state index contributed by atoms with van der Waals surface area (Å²) in [5.74, 6) is -0.880. The van der Waals surface area contributed by atoms with Crippen molar-refractivity contribution < 1.29 is 19.4 Å². The molecule has 0 aromatic heterocycles. The second-order valence-corrected chi connectivity index (χ2v) is 5.60. The summed E-state index contributed by atoms with van der Waals surface area (Å²) in [6.45, 7) is 1.10. The third kappa shape index (κ3) is 3.71. The first-order chi connectivity index (χ1) is 9.61.